The van der Waals surface area contributed by atoms with Gasteiger partial charge in [-0.05, 0) is 42.6 Å². The SMILES string of the molecule is Cc1nc(-c2ccncc2)[nH]c(=O)c1CC(=O)N(C)Cc1cn(-c2ccccc2)nc1-c1cccs1. The van der Waals surface area contributed by atoms with Crippen molar-refractivity contribution < 1.29 is 4.79 Å². The minimum Gasteiger partial charge on any atom is -0.341 e. The Morgan fingerprint density at radius 2 is 1.86 bits per heavy atom. The highest BCUT2D eigenvalue weighted by atomic mass is 32.1. The molecule has 0 radical (unpaired) electrons. The summed E-state index contributed by atoms with van der Waals surface area (Å²) in [5.74, 6) is 0.282. The van der Waals surface area contributed by atoms with Gasteiger partial charge in [0.1, 0.15) is 11.5 Å². The van der Waals surface area contributed by atoms with E-state index in [1.54, 1.807) is 54.7 Å². The number of H-pyrrole nitrogens is 1. The Labute approximate surface area is 211 Å². The van der Waals surface area contributed by atoms with E-state index < -0.39 is 0 Å². The number of rotatable bonds is 7. The molecular formula is C27H24N6O2S. The normalized spacial score (nSPS) is 10.9. The molecule has 8 nitrogen and oxygen atoms in total. The topological polar surface area (TPSA) is 96.8 Å². The molecule has 4 heterocycles. The standard InChI is InChI=1S/C27H24N6O2S/c1-18-22(27(35)30-26(29-18)19-10-12-28-13-11-19)15-24(34)32(2)16-20-17-33(21-7-4-3-5-8-21)31-25(20)23-9-6-14-36-23/h3-14,17H,15-16H2,1-2H3,(H,29,30,35). The van der Waals surface area contributed by atoms with Crippen molar-refractivity contribution >= 4 is 17.2 Å². The highest BCUT2D eigenvalue weighted by Gasteiger charge is 2.20. The first-order chi connectivity index (χ1) is 17.5. The van der Waals surface area contributed by atoms with Crippen LogP contribution in [-0.2, 0) is 17.8 Å². The Morgan fingerprint density at radius 3 is 2.56 bits per heavy atom. The molecule has 0 aliphatic rings. The number of thiophene rings is 1. The van der Waals surface area contributed by atoms with Crippen LogP contribution < -0.4 is 5.56 Å². The Bertz CT molecular complexity index is 1540. The van der Waals surface area contributed by atoms with Gasteiger partial charge in [-0.3, -0.25) is 14.6 Å². The monoisotopic (exact) mass is 496 g/mol. The molecule has 5 aromatic rings. The minimum absolute atomic E-state index is 0.0392. The van der Waals surface area contributed by atoms with Crippen LogP contribution in [0.25, 0.3) is 27.6 Å². The number of likely N-dealkylation sites (N-methyl/N-ethyl adjacent to an activating group) is 1. The zero-order valence-electron chi connectivity index (χ0n) is 19.9. The summed E-state index contributed by atoms with van der Waals surface area (Å²) in [4.78, 5) is 40.0. The van der Waals surface area contributed by atoms with Crippen molar-refractivity contribution in [2.24, 2.45) is 0 Å². The Kier molecular flexibility index (Phi) is 6.55. The molecule has 4 aromatic heterocycles. The smallest absolute Gasteiger partial charge is 0.255 e. The number of carbonyl (C=O) groups excluding carboxylic acids is 1. The van der Waals surface area contributed by atoms with Crippen molar-refractivity contribution in [2.45, 2.75) is 19.9 Å². The van der Waals surface area contributed by atoms with Crippen LogP contribution in [0.4, 0.5) is 0 Å². The molecule has 0 atom stereocenters. The average molecular weight is 497 g/mol. The van der Waals surface area contributed by atoms with E-state index in [-0.39, 0.29) is 17.9 Å². The summed E-state index contributed by atoms with van der Waals surface area (Å²) in [5, 5.41) is 6.81. The summed E-state index contributed by atoms with van der Waals surface area (Å²) < 4.78 is 1.83. The van der Waals surface area contributed by atoms with Crippen LogP contribution in [0.3, 0.4) is 0 Å². The van der Waals surface area contributed by atoms with E-state index in [2.05, 4.69) is 15.0 Å². The van der Waals surface area contributed by atoms with Crippen LogP contribution in [0.2, 0.25) is 0 Å². The van der Waals surface area contributed by atoms with Gasteiger partial charge in [-0.1, -0.05) is 24.3 Å². The van der Waals surface area contributed by atoms with E-state index in [0.29, 0.717) is 23.6 Å². The number of benzene rings is 1. The highest BCUT2D eigenvalue weighted by Crippen LogP contribution is 2.28. The number of nitrogens with zero attached hydrogens (tertiary/aromatic N) is 5. The molecule has 0 aliphatic carbocycles. The number of hydrogen-bond acceptors (Lipinski definition) is 6. The molecule has 0 fully saturated rings. The van der Waals surface area contributed by atoms with Gasteiger partial charge in [0.25, 0.3) is 5.56 Å². The summed E-state index contributed by atoms with van der Waals surface area (Å²) in [6, 6.07) is 17.4. The molecule has 9 heteroatoms. The Balaban J connectivity index is 1.38. The summed E-state index contributed by atoms with van der Waals surface area (Å²) in [5.41, 5.74) is 4.05. The van der Waals surface area contributed by atoms with Gasteiger partial charge in [0.2, 0.25) is 5.91 Å². The number of carbonyl (C=O) groups is 1. The second-order valence-corrected chi connectivity index (χ2v) is 9.35. The van der Waals surface area contributed by atoms with Crippen molar-refractivity contribution in [1.29, 1.82) is 0 Å². The third-order valence-corrected chi connectivity index (χ3v) is 6.78. The lowest BCUT2D eigenvalue weighted by atomic mass is 10.1. The minimum atomic E-state index is -0.313. The van der Waals surface area contributed by atoms with Gasteiger partial charge in [-0.15, -0.1) is 11.3 Å². The third kappa shape index (κ3) is 4.87. The van der Waals surface area contributed by atoms with Crippen LogP contribution in [-0.4, -0.2) is 42.6 Å². The fourth-order valence-corrected chi connectivity index (χ4v) is 4.70. The molecule has 180 valence electrons. The Hall–Kier alpha value is -4.37. The van der Waals surface area contributed by atoms with Crippen LogP contribution in [0, 0.1) is 6.92 Å². The van der Waals surface area contributed by atoms with E-state index in [0.717, 1.165) is 27.4 Å². The van der Waals surface area contributed by atoms with Crippen molar-refractivity contribution in [3.63, 3.8) is 0 Å². The molecule has 5 rings (SSSR count). The maximum atomic E-state index is 13.2. The average Bonchev–Trinajstić information content (AvgIpc) is 3.57. The van der Waals surface area contributed by atoms with E-state index in [4.69, 9.17) is 5.10 Å². The number of pyridine rings is 1. The number of aromatic amines is 1. The Morgan fingerprint density at radius 1 is 1.08 bits per heavy atom. The van der Waals surface area contributed by atoms with Crippen molar-refractivity contribution in [3.05, 3.63) is 106 Å². The molecule has 0 unspecified atom stereocenters. The summed E-state index contributed by atoms with van der Waals surface area (Å²) in [7, 11) is 1.74. The molecule has 0 saturated heterocycles. The van der Waals surface area contributed by atoms with Gasteiger partial charge in [-0.25, -0.2) is 9.67 Å². The first-order valence-electron chi connectivity index (χ1n) is 11.4. The molecule has 1 N–H and O–H groups in total. The first-order valence-corrected chi connectivity index (χ1v) is 12.3. The zero-order valence-corrected chi connectivity index (χ0v) is 20.7. The molecule has 36 heavy (non-hydrogen) atoms. The van der Waals surface area contributed by atoms with E-state index >= 15 is 0 Å². The maximum Gasteiger partial charge on any atom is 0.255 e. The predicted molar refractivity (Wildman–Crippen MR) is 140 cm³/mol. The van der Waals surface area contributed by atoms with E-state index in [1.807, 2.05) is 58.7 Å². The molecule has 1 aromatic carbocycles. The van der Waals surface area contributed by atoms with Gasteiger partial charge in [0.15, 0.2) is 0 Å². The lowest BCUT2D eigenvalue weighted by Crippen LogP contribution is -2.31. The van der Waals surface area contributed by atoms with Crippen LogP contribution >= 0.6 is 11.3 Å². The number of amides is 1. The van der Waals surface area contributed by atoms with E-state index in [1.165, 1.54) is 0 Å². The number of nitrogens with one attached hydrogen (secondary N) is 1. The quantitative estimate of drug-likeness (QED) is 0.363. The lowest BCUT2D eigenvalue weighted by Gasteiger charge is -2.17. The third-order valence-electron chi connectivity index (χ3n) is 5.90. The van der Waals surface area contributed by atoms with Crippen molar-refractivity contribution in [2.75, 3.05) is 7.05 Å². The number of hydrogen-bond donors (Lipinski definition) is 1. The molecule has 0 saturated carbocycles. The fourth-order valence-electron chi connectivity index (χ4n) is 3.95. The molecular weight excluding hydrogens is 472 g/mol. The summed E-state index contributed by atoms with van der Waals surface area (Å²) in [6.45, 7) is 2.11. The number of aromatic nitrogens is 5. The molecule has 1 amide bonds. The van der Waals surface area contributed by atoms with Crippen LogP contribution in [0.5, 0.6) is 0 Å². The van der Waals surface area contributed by atoms with Crippen molar-refractivity contribution in [3.8, 4) is 27.6 Å². The van der Waals surface area contributed by atoms with Crippen LogP contribution in [0.15, 0.2) is 83.4 Å². The zero-order chi connectivity index (χ0) is 25.1. The molecule has 0 aliphatic heterocycles. The summed E-state index contributed by atoms with van der Waals surface area (Å²) in [6.07, 6.45) is 5.20. The van der Waals surface area contributed by atoms with Crippen molar-refractivity contribution in [1.82, 2.24) is 29.6 Å². The number of aryl methyl sites for hydroxylation is 1. The first kappa shape index (κ1) is 23.4. The number of para-hydroxylation sites is 1. The van der Waals surface area contributed by atoms with Gasteiger partial charge >= 0.3 is 0 Å². The van der Waals surface area contributed by atoms with Gasteiger partial charge in [0, 0.05) is 54.6 Å². The summed E-state index contributed by atoms with van der Waals surface area (Å²) >= 11 is 1.60. The van der Waals surface area contributed by atoms with Gasteiger partial charge < -0.3 is 9.88 Å². The van der Waals surface area contributed by atoms with Gasteiger partial charge in [-0.2, -0.15) is 5.10 Å². The second-order valence-electron chi connectivity index (χ2n) is 8.40. The maximum absolute atomic E-state index is 13.2. The van der Waals surface area contributed by atoms with Crippen LogP contribution in [0.1, 0.15) is 16.8 Å². The molecule has 0 bridgehead atoms. The largest absolute Gasteiger partial charge is 0.341 e. The highest BCUT2D eigenvalue weighted by molar-refractivity contribution is 7.13. The van der Waals surface area contributed by atoms with Gasteiger partial charge in [0.05, 0.1) is 17.0 Å². The molecule has 0 spiro atoms. The lowest BCUT2D eigenvalue weighted by molar-refractivity contribution is -0.129. The fraction of sp³-hybridized carbons (Fsp3) is 0.148. The predicted octanol–water partition coefficient (Wildman–Crippen LogP) is 4.26. The second kappa shape index (κ2) is 10.1. The van der Waals surface area contributed by atoms with E-state index in [9.17, 15) is 9.59 Å².